The van der Waals surface area contributed by atoms with E-state index < -0.39 is 5.60 Å². The number of aromatic nitrogens is 6. The van der Waals surface area contributed by atoms with E-state index in [-0.39, 0.29) is 0 Å². The van der Waals surface area contributed by atoms with Crippen molar-refractivity contribution in [3.05, 3.63) is 30.6 Å². The molecule has 3 N–H and O–H groups in total. The largest absolute Gasteiger partial charge is 0.389 e. The number of aliphatic hydroxyl groups is 1. The zero-order valence-electron chi connectivity index (χ0n) is 15.8. The number of nitrogens with zero attached hydrogens (tertiary/aromatic N) is 7. The van der Waals surface area contributed by atoms with Crippen LogP contribution in [0.3, 0.4) is 0 Å². The molecule has 0 unspecified atom stereocenters. The van der Waals surface area contributed by atoms with Crippen LogP contribution in [0.15, 0.2) is 24.8 Å². The summed E-state index contributed by atoms with van der Waals surface area (Å²) in [6, 6.07) is 1.77. The Labute approximate surface area is 157 Å². The molecule has 0 fully saturated rings. The zero-order chi connectivity index (χ0) is 19.4. The highest BCUT2D eigenvalue weighted by atomic mass is 16.3. The van der Waals surface area contributed by atoms with Gasteiger partial charge in [-0.2, -0.15) is 4.98 Å². The van der Waals surface area contributed by atoms with E-state index in [1.54, 1.807) is 37.2 Å². The van der Waals surface area contributed by atoms with E-state index in [2.05, 4.69) is 40.5 Å². The maximum atomic E-state index is 9.99. The Morgan fingerprint density at radius 1 is 0.963 bits per heavy atom. The van der Waals surface area contributed by atoms with Crippen LogP contribution in [-0.2, 0) is 6.54 Å². The van der Waals surface area contributed by atoms with Crippen molar-refractivity contribution >= 4 is 28.6 Å². The summed E-state index contributed by atoms with van der Waals surface area (Å²) in [7, 11) is 3.72. The molecule has 0 aliphatic heterocycles. The summed E-state index contributed by atoms with van der Waals surface area (Å²) in [5.74, 6) is 2.25. The van der Waals surface area contributed by atoms with Crippen LogP contribution in [-0.4, -0.2) is 61.3 Å². The van der Waals surface area contributed by atoms with Crippen molar-refractivity contribution in [2.75, 3.05) is 36.2 Å². The quantitative estimate of drug-likeness (QED) is 0.557. The van der Waals surface area contributed by atoms with Gasteiger partial charge in [-0.25, -0.2) is 24.9 Å². The van der Waals surface area contributed by atoms with E-state index in [1.165, 1.54) is 6.33 Å². The van der Waals surface area contributed by atoms with Crippen LogP contribution in [0.1, 0.15) is 19.7 Å². The molecule has 0 amide bonds. The van der Waals surface area contributed by atoms with E-state index in [0.29, 0.717) is 47.5 Å². The lowest BCUT2D eigenvalue weighted by atomic mass is 10.1. The molecular weight excluding hydrogens is 346 g/mol. The first-order chi connectivity index (χ1) is 12.8. The molecule has 0 atom stereocenters. The molecule has 27 heavy (non-hydrogen) atoms. The second-order valence-electron chi connectivity index (χ2n) is 6.87. The Balaban J connectivity index is 1.98. The first kappa shape index (κ1) is 18.6. The van der Waals surface area contributed by atoms with Gasteiger partial charge in [0.2, 0.25) is 5.95 Å². The lowest BCUT2D eigenvalue weighted by molar-refractivity contribution is 0.0944. The van der Waals surface area contributed by atoms with Gasteiger partial charge in [0.05, 0.1) is 12.1 Å². The van der Waals surface area contributed by atoms with Gasteiger partial charge in [-0.1, -0.05) is 0 Å². The summed E-state index contributed by atoms with van der Waals surface area (Å²) in [6.45, 7) is 4.16. The minimum Gasteiger partial charge on any atom is -0.389 e. The maximum absolute atomic E-state index is 9.99. The third-order valence-electron chi connectivity index (χ3n) is 3.59. The molecule has 0 spiro atoms. The van der Waals surface area contributed by atoms with Gasteiger partial charge in [-0.15, -0.1) is 0 Å². The molecule has 0 saturated heterocycles. The summed E-state index contributed by atoms with van der Waals surface area (Å²) in [5, 5.41) is 16.3. The number of nitrogens with one attached hydrogen (secondary N) is 2. The number of hydrogen-bond acceptors (Lipinski definition) is 10. The predicted molar refractivity (Wildman–Crippen MR) is 104 cm³/mol. The number of fused-ring (bicyclic) bond motifs is 1. The van der Waals surface area contributed by atoms with Crippen molar-refractivity contribution in [1.29, 1.82) is 0 Å². The maximum Gasteiger partial charge on any atom is 0.227 e. The lowest BCUT2D eigenvalue weighted by Crippen LogP contribution is -2.29. The second kappa shape index (κ2) is 7.62. The van der Waals surface area contributed by atoms with Crippen molar-refractivity contribution in [1.82, 2.24) is 29.9 Å². The molecular formula is C17H23N9O. The van der Waals surface area contributed by atoms with Crippen LogP contribution in [0.25, 0.3) is 11.0 Å². The van der Waals surface area contributed by atoms with Crippen molar-refractivity contribution in [2.45, 2.75) is 26.0 Å². The molecule has 0 bridgehead atoms. The Hall–Kier alpha value is -3.14. The van der Waals surface area contributed by atoms with Gasteiger partial charge in [0.25, 0.3) is 0 Å². The SMILES string of the molecule is CN(C)c1nc(NCc2ncccn2)c2ncnc(NCC(C)(C)O)c2n1. The number of rotatable bonds is 7. The van der Waals surface area contributed by atoms with Crippen molar-refractivity contribution in [3.63, 3.8) is 0 Å². The third kappa shape index (κ3) is 4.73. The average molecular weight is 369 g/mol. The highest BCUT2D eigenvalue weighted by Gasteiger charge is 2.17. The van der Waals surface area contributed by atoms with Gasteiger partial charge >= 0.3 is 0 Å². The van der Waals surface area contributed by atoms with Crippen LogP contribution in [0.2, 0.25) is 0 Å². The first-order valence-corrected chi connectivity index (χ1v) is 8.49. The van der Waals surface area contributed by atoms with Gasteiger partial charge in [0.1, 0.15) is 23.2 Å². The first-order valence-electron chi connectivity index (χ1n) is 8.49. The smallest absolute Gasteiger partial charge is 0.227 e. The summed E-state index contributed by atoms with van der Waals surface area (Å²) < 4.78 is 0. The van der Waals surface area contributed by atoms with Crippen LogP contribution < -0.4 is 15.5 Å². The summed E-state index contributed by atoms with van der Waals surface area (Å²) in [6.07, 6.45) is 4.82. The van der Waals surface area contributed by atoms with E-state index in [0.717, 1.165) is 0 Å². The molecule has 3 rings (SSSR count). The Morgan fingerprint density at radius 3 is 2.37 bits per heavy atom. The monoisotopic (exact) mass is 369 g/mol. The molecule has 0 saturated carbocycles. The van der Waals surface area contributed by atoms with E-state index in [1.807, 2.05) is 14.1 Å². The van der Waals surface area contributed by atoms with E-state index in [9.17, 15) is 5.11 Å². The Morgan fingerprint density at radius 2 is 1.70 bits per heavy atom. The average Bonchev–Trinajstić information content (AvgIpc) is 2.64. The number of hydrogen-bond donors (Lipinski definition) is 3. The second-order valence-corrected chi connectivity index (χ2v) is 6.87. The normalized spacial score (nSPS) is 11.4. The van der Waals surface area contributed by atoms with E-state index >= 15 is 0 Å². The molecule has 0 aliphatic carbocycles. The highest BCUT2D eigenvalue weighted by Crippen LogP contribution is 2.25. The highest BCUT2D eigenvalue weighted by molar-refractivity contribution is 5.93. The Kier molecular flexibility index (Phi) is 5.26. The van der Waals surface area contributed by atoms with E-state index in [4.69, 9.17) is 0 Å². The summed E-state index contributed by atoms with van der Waals surface area (Å²) >= 11 is 0. The molecule has 3 aromatic rings. The predicted octanol–water partition coefficient (Wildman–Crippen LogP) is 1.07. The molecule has 3 aromatic heterocycles. The number of anilines is 3. The fraction of sp³-hybridized carbons (Fsp3) is 0.412. The van der Waals surface area contributed by atoms with Crippen molar-refractivity contribution in [2.24, 2.45) is 0 Å². The van der Waals surface area contributed by atoms with Crippen LogP contribution in [0.5, 0.6) is 0 Å². The summed E-state index contributed by atoms with van der Waals surface area (Å²) in [5.41, 5.74) is 0.252. The molecule has 10 heteroatoms. The Bertz CT molecular complexity index is 909. The van der Waals surface area contributed by atoms with Crippen LogP contribution >= 0.6 is 0 Å². The van der Waals surface area contributed by atoms with Gasteiger partial charge in [0, 0.05) is 33.0 Å². The molecule has 0 aromatic carbocycles. The molecule has 10 nitrogen and oxygen atoms in total. The third-order valence-corrected chi connectivity index (χ3v) is 3.59. The molecule has 0 aliphatic rings. The molecule has 142 valence electrons. The van der Waals surface area contributed by atoms with Gasteiger partial charge in [-0.05, 0) is 19.9 Å². The minimum absolute atomic E-state index is 0.320. The topological polar surface area (TPSA) is 125 Å². The zero-order valence-corrected chi connectivity index (χ0v) is 15.8. The molecule has 0 radical (unpaired) electrons. The fourth-order valence-electron chi connectivity index (χ4n) is 2.27. The van der Waals surface area contributed by atoms with Crippen LogP contribution in [0.4, 0.5) is 17.6 Å². The summed E-state index contributed by atoms with van der Waals surface area (Å²) in [4.78, 5) is 27.9. The molecule has 3 heterocycles. The lowest BCUT2D eigenvalue weighted by Gasteiger charge is -2.19. The van der Waals surface area contributed by atoms with Gasteiger partial charge in [-0.3, -0.25) is 0 Å². The van der Waals surface area contributed by atoms with Gasteiger partial charge in [0.15, 0.2) is 11.6 Å². The standard InChI is InChI=1S/C17H23N9O/c1-17(2,27)9-21-14-13-12(22-10-23-14)15(25-16(24-13)26(3)4)20-8-11-18-6-5-7-19-11/h5-7,10,27H,8-9H2,1-4H3,(H,20,24,25)(H,21,22,23). The van der Waals surface area contributed by atoms with Crippen molar-refractivity contribution in [3.8, 4) is 0 Å². The fourth-order valence-corrected chi connectivity index (χ4v) is 2.27. The van der Waals surface area contributed by atoms with Crippen LogP contribution in [0, 0.1) is 0 Å². The van der Waals surface area contributed by atoms with Gasteiger partial charge < -0.3 is 20.6 Å². The van der Waals surface area contributed by atoms with Crippen molar-refractivity contribution < 1.29 is 5.11 Å². The minimum atomic E-state index is -0.888.